The highest BCUT2D eigenvalue weighted by atomic mass is 35.5. The number of anilines is 6. The Morgan fingerprint density at radius 3 is 1.35 bits per heavy atom. The molecule has 10 rings (SSSR count). The largest absolute Gasteiger partial charge is 0.494 e. The van der Waals surface area contributed by atoms with Crippen LogP contribution in [0.1, 0.15) is 72.2 Å². The van der Waals surface area contributed by atoms with Crippen LogP contribution in [0.3, 0.4) is 0 Å². The summed E-state index contributed by atoms with van der Waals surface area (Å²) in [5, 5.41) is 7.66. The molecule has 0 bridgehead atoms. The number of aromatic nitrogens is 8. The van der Waals surface area contributed by atoms with Gasteiger partial charge in [-0.2, -0.15) is 9.97 Å². The van der Waals surface area contributed by atoms with E-state index < -0.39 is 0 Å². The minimum atomic E-state index is 0.270. The Labute approximate surface area is 407 Å². The summed E-state index contributed by atoms with van der Waals surface area (Å²) in [5.41, 5.74) is 10.7. The van der Waals surface area contributed by atoms with Gasteiger partial charge in [0.2, 0.25) is 11.9 Å². The first-order valence-corrected chi connectivity index (χ1v) is 23.5. The van der Waals surface area contributed by atoms with Crippen molar-refractivity contribution in [2.45, 2.75) is 51.4 Å². The maximum atomic E-state index is 5.99. The zero-order valence-electron chi connectivity index (χ0n) is 39.0. The van der Waals surface area contributed by atoms with Gasteiger partial charge in [-0.3, -0.25) is 0 Å². The molecule has 16 heteroatoms. The van der Waals surface area contributed by atoms with E-state index in [9.17, 15) is 0 Å². The van der Waals surface area contributed by atoms with E-state index in [2.05, 4.69) is 119 Å². The van der Waals surface area contributed by atoms with Crippen LogP contribution in [0.25, 0.3) is 11.4 Å². The Hall–Kier alpha value is -7.16. The number of benzene rings is 4. The molecule has 348 valence electrons. The normalized spacial score (nSPS) is 14.6. The Morgan fingerprint density at radius 1 is 0.588 bits per heavy atom. The van der Waals surface area contributed by atoms with Crippen molar-refractivity contribution in [1.82, 2.24) is 39.0 Å². The molecule has 2 aliphatic rings. The van der Waals surface area contributed by atoms with Crippen molar-refractivity contribution in [3.8, 4) is 22.9 Å². The third-order valence-electron chi connectivity index (χ3n) is 12.7. The topological polar surface area (TPSA) is 136 Å². The smallest absolute Gasteiger partial charge is 0.229 e. The molecule has 2 aliphatic carbocycles. The van der Waals surface area contributed by atoms with Crippen molar-refractivity contribution < 1.29 is 9.47 Å². The molecule has 0 spiro atoms. The van der Waals surface area contributed by atoms with Crippen molar-refractivity contribution in [2.75, 3.05) is 61.8 Å². The van der Waals surface area contributed by atoms with E-state index in [0.717, 1.165) is 84.5 Å². The van der Waals surface area contributed by atoms with E-state index in [1.165, 1.54) is 22.3 Å². The molecule has 4 heterocycles. The summed E-state index contributed by atoms with van der Waals surface area (Å²) in [5.74, 6) is 5.06. The van der Waals surface area contributed by atoms with Crippen LogP contribution >= 0.6 is 23.2 Å². The fraction of sp³-hybridized carbons (Fsp3) is 0.269. The first-order valence-electron chi connectivity index (χ1n) is 22.8. The van der Waals surface area contributed by atoms with Gasteiger partial charge in [0, 0.05) is 86.0 Å². The van der Waals surface area contributed by atoms with Gasteiger partial charge in [0.25, 0.3) is 0 Å². The number of rotatable bonds is 14. The fourth-order valence-electron chi connectivity index (χ4n) is 9.00. The number of ether oxygens (including phenoxy) is 2. The van der Waals surface area contributed by atoms with E-state index in [1.54, 1.807) is 39.3 Å². The van der Waals surface area contributed by atoms with Gasteiger partial charge in [-0.15, -0.1) is 0 Å². The lowest BCUT2D eigenvalue weighted by Gasteiger charge is -2.21. The SMILES string of the molecule is CCN(C)c1nc(Nc2ccc(-n3cnc(Cl)c3)c(OC)c2)nc2c1CC[C@@H]2c1ccccc1.CCN(C)c1nc(Nc2ccc(-n3cnc(Cl)c3)c(OC)c2)nc2c1CC[C@H]2c1ccccc1. The van der Waals surface area contributed by atoms with E-state index in [-0.39, 0.29) is 11.8 Å². The standard InChI is InChI=1S/2C26H27ClN6O/c2*1-4-32(2)25-20-12-11-19(17-8-6-5-7-9-17)24(20)30-26(31-25)29-18-10-13-21(22(14-18)34-3)33-15-23(27)28-16-33/h2*5-10,13-16,19H,4,11-12H2,1-3H3,(H,29,30,31)/t2*19-/m10/s1. The molecule has 0 saturated heterocycles. The maximum Gasteiger partial charge on any atom is 0.229 e. The molecular formula is C52H54Cl2N12O2. The quantitative estimate of drug-likeness (QED) is 0.107. The highest BCUT2D eigenvalue weighted by molar-refractivity contribution is 6.29. The average Bonchev–Trinajstić information content (AvgIpc) is 4.21. The third kappa shape index (κ3) is 9.65. The predicted octanol–water partition coefficient (Wildman–Crippen LogP) is 11.2. The van der Waals surface area contributed by atoms with Crippen LogP contribution in [0.15, 0.2) is 122 Å². The van der Waals surface area contributed by atoms with Crippen LogP contribution in [0.5, 0.6) is 11.5 Å². The lowest BCUT2D eigenvalue weighted by atomic mass is 9.97. The molecule has 0 unspecified atom stereocenters. The molecular weight excluding hydrogens is 896 g/mol. The van der Waals surface area contributed by atoms with Crippen molar-refractivity contribution in [2.24, 2.45) is 0 Å². The summed E-state index contributed by atoms with van der Waals surface area (Å²) in [7, 11) is 7.45. The van der Waals surface area contributed by atoms with Crippen LogP contribution < -0.4 is 29.9 Å². The highest BCUT2D eigenvalue weighted by Crippen LogP contribution is 2.43. The van der Waals surface area contributed by atoms with E-state index in [4.69, 9.17) is 52.6 Å². The number of hydrogen-bond acceptors (Lipinski definition) is 12. The Morgan fingerprint density at radius 2 is 1.00 bits per heavy atom. The van der Waals surface area contributed by atoms with Gasteiger partial charge in [-0.25, -0.2) is 19.9 Å². The van der Waals surface area contributed by atoms with Gasteiger partial charge >= 0.3 is 0 Å². The van der Waals surface area contributed by atoms with E-state index >= 15 is 0 Å². The molecule has 4 aromatic heterocycles. The lowest BCUT2D eigenvalue weighted by molar-refractivity contribution is 0.413. The first kappa shape index (κ1) is 46.0. The number of imidazole rings is 2. The van der Waals surface area contributed by atoms with Crippen LogP contribution in [0.4, 0.5) is 34.9 Å². The third-order valence-corrected chi connectivity index (χ3v) is 13.1. The van der Waals surface area contributed by atoms with Gasteiger partial charge < -0.3 is 39.0 Å². The number of hydrogen-bond donors (Lipinski definition) is 2. The highest BCUT2D eigenvalue weighted by Gasteiger charge is 2.32. The van der Waals surface area contributed by atoms with E-state index in [1.807, 2.05) is 45.5 Å². The summed E-state index contributed by atoms with van der Waals surface area (Å²) >= 11 is 12.0. The molecule has 0 aliphatic heterocycles. The molecule has 68 heavy (non-hydrogen) atoms. The molecule has 4 aromatic carbocycles. The monoisotopic (exact) mass is 948 g/mol. The Balaban J connectivity index is 0.000000170. The van der Waals surface area contributed by atoms with Crippen LogP contribution in [0, 0.1) is 0 Å². The molecule has 8 aromatic rings. The van der Waals surface area contributed by atoms with Crippen molar-refractivity contribution in [1.29, 1.82) is 0 Å². The van der Waals surface area contributed by atoms with E-state index in [0.29, 0.717) is 33.7 Å². The van der Waals surface area contributed by atoms with Crippen molar-refractivity contribution >= 4 is 58.1 Å². The second-order valence-electron chi connectivity index (χ2n) is 16.7. The Bertz CT molecular complexity index is 2820. The number of methoxy groups -OCH3 is 2. The summed E-state index contributed by atoms with van der Waals surface area (Å²) in [6.07, 6.45) is 10.8. The summed E-state index contributed by atoms with van der Waals surface area (Å²) < 4.78 is 14.9. The van der Waals surface area contributed by atoms with Crippen molar-refractivity contribution in [3.63, 3.8) is 0 Å². The molecule has 0 fully saturated rings. The molecule has 2 atom stereocenters. The number of nitrogens with zero attached hydrogens (tertiary/aromatic N) is 10. The van der Waals surface area contributed by atoms with Gasteiger partial charge in [-0.1, -0.05) is 83.9 Å². The zero-order valence-corrected chi connectivity index (χ0v) is 40.5. The summed E-state index contributed by atoms with van der Waals surface area (Å²) in [4.78, 5) is 32.4. The second kappa shape index (κ2) is 20.4. The zero-order chi connectivity index (χ0) is 47.3. The fourth-order valence-corrected chi connectivity index (χ4v) is 9.30. The minimum absolute atomic E-state index is 0.270. The summed E-state index contributed by atoms with van der Waals surface area (Å²) in [6, 6.07) is 32.9. The average molecular weight is 950 g/mol. The van der Waals surface area contributed by atoms with Crippen molar-refractivity contribution in [3.05, 3.63) is 166 Å². The van der Waals surface area contributed by atoms with Gasteiger partial charge in [0.15, 0.2) is 0 Å². The van der Waals surface area contributed by atoms with Crippen LogP contribution in [-0.2, 0) is 12.8 Å². The Kier molecular flexibility index (Phi) is 13.8. The van der Waals surface area contributed by atoms with Crippen LogP contribution in [-0.4, -0.2) is 80.4 Å². The molecule has 2 N–H and O–H groups in total. The van der Waals surface area contributed by atoms with Gasteiger partial charge in [0.1, 0.15) is 46.1 Å². The number of halogens is 2. The predicted molar refractivity (Wildman–Crippen MR) is 272 cm³/mol. The van der Waals surface area contributed by atoms with Gasteiger partial charge in [-0.05, 0) is 74.9 Å². The first-order chi connectivity index (χ1) is 33.1. The maximum absolute atomic E-state index is 5.99. The van der Waals surface area contributed by atoms with Crippen LogP contribution in [0.2, 0.25) is 10.3 Å². The minimum Gasteiger partial charge on any atom is -0.494 e. The number of nitrogens with one attached hydrogen (secondary N) is 2. The summed E-state index contributed by atoms with van der Waals surface area (Å²) in [6.45, 7) is 6.01. The lowest BCUT2D eigenvalue weighted by Crippen LogP contribution is -2.20. The molecule has 0 saturated carbocycles. The number of fused-ring (bicyclic) bond motifs is 2. The molecule has 0 amide bonds. The van der Waals surface area contributed by atoms with Gasteiger partial charge in [0.05, 0.1) is 37.0 Å². The molecule has 14 nitrogen and oxygen atoms in total. The molecule has 0 radical (unpaired) electrons. The second-order valence-corrected chi connectivity index (χ2v) is 17.5.